The number of carbonyl (C=O) groups excluding carboxylic acids is 1. The van der Waals surface area contributed by atoms with Gasteiger partial charge in [0.15, 0.2) is 11.5 Å². The normalized spacial score (nSPS) is 16.7. The van der Waals surface area contributed by atoms with Gasteiger partial charge in [0.25, 0.3) is 0 Å². The molecule has 1 fully saturated rings. The summed E-state index contributed by atoms with van der Waals surface area (Å²) in [6.45, 7) is 3.18. The Bertz CT molecular complexity index is 750. The SMILES string of the molecule is COc1ccc(S(=O)(=O)N2CCC(CNC(=O)CC(C)N)CC2)cc1OC.Cl. The molecule has 28 heavy (non-hydrogen) atoms. The first-order chi connectivity index (χ1) is 12.8. The Labute approximate surface area is 173 Å². The van der Waals surface area contributed by atoms with Gasteiger partial charge in [0.05, 0.1) is 19.1 Å². The van der Waals surface area contributed by atoms with E-state index in [0.717, 1.165) is 0 Å². The highest BCUT2D eigenvalue weighted by Gasteiger charge is 2.30. The van der Waals surface area contributed by atoms with Crippen molar-refractivity contribution in [3.8, 4) is 11.5 Å². The second-order valence-corrected chi connectivity index (χ2v) is 8.79. The van der Waals surface area contributed by atoms with E-state index in [0.29, 0.717) is 50.4 Å². The Kier molecular flexibility index (Phi) is 9.49. The Hall–Kier alpha value is -1.55. The summed E-state index contributed by atoms with van der Waals surface area (Å²) in [6, 6.07) is 4.43. The van der Waals surface area contributed by atoms with Crippen molar-refractivity contribution >= 4 is 28.3 Å². The molecule has 1 aromatic rings. The molecule has 1 unspecified atom stereocenters. The second kappa shape index (κ2) is 10.8. The molecule has 3 N–H and O–H groups in total. The number of rotatable bonds is 8. The first-order valence-electron chi connectivity index (χ1n) is 9.02. The number of nitrogens with one attached hydrogen (secondary N) is 1. The quantitative estimate of drug-likeness (QED) is 0.638. The zero-order chi connectivity index (χ0) is 20.0. The van der Waals surface area contributed by atoms with E-state index < -0.39 is 10.0 Å². The molecule has 1 heterocycles. The minimum absolute atomic E-state index is 0. The van der Waals surface area contributed by atoms with Gasteiger partial charge in [-0.2, -0.15) is 4.31 Å². The maximum absolute atomic E-state index is 12.9. The standard InChI is InChI=1S/C18H29N3O5S.ClH/c1-13(19)10-18(22)20-12-14-6-8-21(9-7-14)27(23,24)15-4-5-16(25-2)17(11-15)26-3;/h4-5,11,13-14H,6-10,12,19H2,1-3H3,(H,20,22);1H. The summed E-state index contributed by atoms with van der Waals surface area (Å²) in [5.74, 6) is 1.06. The van der Waals surface area contributed by atoms with E-state index in [1.807, 2.05) is 0 Å². The zero-order valence-corrected chi connectivity index (χ0v) is 18.1. The van der Waals surface area contributed by atoms with Crippen LogP contribution in [0, 0.1) is 5.92 Å². The molecular weight excluding hydrogens is 406 g/mol. The minimum Gasteiger partial charge on any atom is -0.493 e. The van der Waals surface area contributed by atoms with Gasteiger partial charge in [-0.3, -0.25) is 4.79 Å². The number of carbonyl (C=O) groups is 1. The Balaban J connectivity index is 0.00000392. The molecule has 1 aliphatic heterocycles. The molecule has 1 saturated heterocycles. The Morgan fingerprint density at radius 2 is 1.86 bits per heavy atom. The largest absolute Gasteiger partial charge is 0.493 e. The molecule has 160 valence electrons. The van der Waals surface area contributed by atoms with E-state index in [9.17, 15) is 13.2 Å². The fourth-order valence-electron chi connectivity index (χ4n) is 3.10. The predicted molar refractivity (Wildman–Crippen MR) is 110 cm³/mol. The summed E-state index contributed by atoms with van der Waals surface area (Å²) in [4.78, 5) is 11.9. The van der Waals surface area contributed by atoms with Gasteiger partial charge < -0.3 is 20.5 Å². The van der Waals surface area contributed by atoms with Crippen LogP contribution in [0.1, 0.15) is 26.2 Å². The smallest absolute Gasteiger partial charge is 0.243 e. The van der Waals surface area contributed by atoms with Crippen LogP contribution in [0.5, 0.6) is 11.5 Å². The van der Waals surface area contributed by atoms with Gasteiger partial charge in [-0.05, 0) is 37.8 Å². The first kappa shape index (κ1) is 24.5. The Morgan fingerprint density at radius 1 is 1.25 bits per heavy atom. The Morgan fingerprint density at radius 3 is 2.39 bits per heavy atom. The number of hydrogen-bond acceptors (Lipinski definition) is 6. The van der Waals surface area contributed by atoms with Gasteiger partial charge in [-0.1, -0.05) is 0 Å². The van der Waals surface area contributed by atoms with E-state index in [4.69, 9.17) is 15.2 Å². The third-order valence-corrected chi connectivity index (χ3v) is 6.56. The van der Waals surface area contributed by atoms with Crippen molar-refractivity contribution in [3.05, 3.63) is 18.2 Å². The zero-order valence-electron chi connectivity index (χ0n) is 16.5. The molecule has 2 rings (SSSR count). The first-order valence-corrected chi connectivity index (χ1v) is 10.5. The van der Waals surface area contributed by atoms with Gasteiger partial charge in [0.2, 0.25) is 15.9 Å². The predicted octanol–water partition coefficient (Wildman–Crippen LogP) is 1.38. The van der Waals surface area contributed by atoms with Crippen molar-refractivity contribution in [2.45, 2.75) is 37.1 Å². The van der Waals surface area contributed by atoms with Crippen LogP contribution in [0.15, 0.2) is 23.1 Å². The molecule has 0 spiro atoms. The fourth-order valence-corrected chi connectivity index (χ4v) is 4.59. The molecule has 1 aromatic carbocycles. The lowest BCUT2D eigenvalue weighted by atomic mass is 9.98. The fraction of sp³-hybridized carbons (Fsp3) is 0.611. The number of amides is 1. The maximum atomic E-state index is 12.9. The van der Waals surface area contributed by atoms with Gasteiger partial charge in [-0.25, -0.2) is 8.42 Å². The van der Waals surface area contributed by atoms with Crippen LogP contribution in [0.3, 0.4) is 0 Å². The molecule has 1 atom stereocenters. The van der Waals surface area contributed by atoms with Crippen LogP contribution < -0.4 is 20.5 Å². The van der Waals surface area contributed by atoms with Crippen molar-refractivity contribution in [1.29, 1.82) is 0 Å². The average molecular weight is 436 g/mol. The molecule has 1 amide bonds. The highest BCUT2D eigenvalue weighted by molar-refractivity contribution is 7.89. The number of methoxy groups -OCH3 is 2. The number of ether oxygens (including phenoxy) is 2. The molecule has 0 aliphatic carbocycles. The number of hydrogen-bond donors (Lipinski definition) is 2. The number of benzene rings is 1. The van der Waals surface area contributed by atoms with Gasteiger partial charge in [0.1, 0.15) is 0 Å². The number of nitrogens with two attached hydrogens (primary N) is 1. The molecule has 1 aliphatic rings. The van der Waals surface area contributed by atoms with Crippen LogP contribution in [-0.4, -0.2) is 58.5 Å². The minimum atomic E-state index is -3.60. The van der Waals surface area contributed by atoms with E-state index in [1.165, 1.54) is 30.7 Å². The third kappa shape index (κ3) is 6.23. The van der Waals surface area contributed by atoms with Crippen LogP contribution in [0.25, 0.3) is 0 Å². The lowest BCUT2D eigenvalue weighted by molar-refractivity contribution is -0.121. The van der Waals surface area contributed by atoms with Crippen LogP contribution in [-0.2, 0) is 14.8 Å². The molecule has 8 nitrogen and oxygen atoms in total. The highest BCUT2D eigenvalue weighted by atomic mass is 35.5. The van der Waals surface area contributed by atoms with Crippen LogP contribution in [0.4, 0.5) is 0 Å². The van der Waals surface area contributed by atoms with E-state index in [2.05, 4.69) is 5.32 Å². The molecule has 10 heteroatoms. The molecule has 0 aromatic heterocycles. The summed E-state index contributed by atoms with van der Waals surface area (Å²) in [6.07, 6.45) is 1.70. The number of piperidine rings is 1. The third-order valence-electron chi connectivity index (χ3n) is 4.66. The van der Waals surface area contributed by atoms with Crippen molar-refractivity contribution in [2.24, 2.45) is 11.7 Å². The summed E-state index contributed by atoms with van der Waals surface area (Å²) < 4.78 is 37.6. The topological polar surface area (TPSA) is 111 Å². The maximum Gasteiger partial charge on any atom is 0.243 e. The van der Waals surface area contributed by atoms with Crippen molar-refractivity contribution in [3.63, 3.8) is 0 Å². The van der Waals surface area contributed by atoms with Crippen LogP contribution in [0.2, 0.25) is 0 Å². The summed E-state index contributed by atoms with van der Waals surface area (Å²) >= 11 is 0. The van der Waals surface area contributed by atoms with E-state index >= 15 is 0 Å². The second-order valence-electron chi connectivity index (χ2n) is 6.85. The molecule has 0 saturated carbocycles. The lowest BCUT2D eigenvalue weighted by Crippen LogP contribution is -2.42. The summed E-state index contributed by atoms with van der Waals surface area (Å²) in [5.41, 5.74) is 5.61. The monoisotopic (exact) mass is 435 g/mol. The van der Waals surface area contributed by atoms with E-state index in [-0.39, 0.29) is 35.2 Å². The average Bonchev–Trinajstić information content (AvgIpc) is 2.65. The lowest BCUT2D eigenvalue weighted by Gasteiger charge is -2.31. The van der Waals surface area contributed by atoms with Gasteiger partial charge >= 0.3 is 0 Å². The van der Waals surface area contributed by atoms with Gasteiger partial charge in [-0.15, -0.1) is 12.4 Å². The molecule has 0 radical (unpaired) electrons. The van der Waals surface area contributed by atoms with E-state index in [1.54, 1.807) is 13.0 Å². The number of halogens is 1. The van der Waals surface area contributed by atoms with Crippen molar-refractivity contribution in [2.75, 3.05) is 33.9 Å². The molecular formula is C18H30ClN3O5S. The van der Waals surface area contributed by atoms with Crippen molar-refractivity contribution in [1.82, 2.24) is 9.62 Å². The molecule has 0 bridgehead atoms. The van der Waals surface area contributed by atoms with Gasteiger partial charge in [0, 0.05) is 38.2 Å². The summed E-state index contributed by atoms with van der Waals surface area (Å²) in [5, 5.41) is 2.88. The van der Waals surface area contributed by atoms with Crippen LogP contribution >= 0.6 is 12.4 Å². The van der Waals surface area contributed by atoms with Crippen molar-refractivity contribution < 1.29 is 22.7 Å². The number of sulfonamides is 1. The highest BCUT2D eigenvalue weighted by Crippen LogP contribution is 2.31. The number of nitrogens with zero attached hydrogens (tertiary/aromatic N) is 1. The summed E-state index contributed by atoms with van der Waals surface area (Å²) in [7, 11) is -0.621.